The van der Waals surface area contributed by atoms with Crippen LogP contribution < -0.4 is 11.1 Å². The average molecular weight is 282 g/mol. The van der Waals surface area contributed by atoms with E-state index in [2.05, 4.69) is 22.0 Å². The Kier molecular flexibility index (Phi) is 5.04. The molecule has 2 heterocycles. The third-order valence-corrected chi connectivity index (χ3v) is 5.27. The third kappa shape index (κ3) is 3.32. The Morgan fingerprint density at radius 1 is 1.40 bits per heavy atom. The molecular weight excluding hydrogens is 252 g/mol. The van der Waals surface area contributed by atoms with Gasteiger partial charge < -0.3 is 11.1 Å². The van der Waals surface area contributed by atoms with Crippen LogP contribution in [0.5, 0.6) is 0 Å². The van der Waals surface area contributed by atoms with E-state index in [1.165, 1.54) is 32.4 Å². The molecule has 0 radical (unpaired) electrons. The van der Waals surface area contributed by atoms with E-state index >= 15 is 0 Å². The van der Waals surface area contributed by atoms with Crippen LogP contribution in [0.15, 0.2) is 0 Å². The Morgan fingerprint density at radius 3 is 2.60 bits per heavy atom. The van der Waals surface area contributed by atoms with E-state index in [-0.39, 0.29) is 5.91 Å². The highest BCUT2D eigenvalue weighted by Gasteiger charge is 2.36. The Bertz CT molecular complexity index is 343. The number of nitrogens with one attached hydrogen (secondary N) is 1. The zero-order valence-corrected chi connectivity index (χ0v) is 13.2. The summed E-state index contributed by atoms with van der Waals surface area (Å²) < 4.78 is 0. The fraction of sp³-hybridized carbons (Fsp3) is 0.933. The van der Waals surface area contributed by atoms with Gasteiger partial charge in [-0.15, -0.1) is 0 Å². The van der Waals surface area contributed by atoms with Gasteiger partial charge in [-0.3, -0.25) is 14.6 Å². The number of primary amides is 1. The highest BCUT2D eigenvalue weighted by atomic mass is 16.1. The molecule has 0 aromatic heterocycles. The van der Waals surface area contributed by atoms with Crippen molar-refractivity contribution in [2.75, 3.05) is 33.2 Å². The fourth-order valence-corrected chi connectivity index (χ4v) is 3.62. The van der Waals surface area contributed by atoms with Crippen LogP contribution in [0, 0.1) is 0 Å². The molecule has 0 aliphatic carbocycles. The van der Waals surface area contributed by atoms with Crippen molar-refractivity contribution in [2.45, 2.75) is 57.2 Å². The number of likely N-dealkylation sites (N-methyl/N-ethyl adjacent to an activating group) is 1. The number of carbonyl (C=O) groups excluding carboxylic acids is 1. The van der Waals surface area contributed by atoms with E-state index in [4.69, 9.17) is 5.73 Å². The molecule has 3 atom stereocenters. The largest absolute Gasteiger partial charge is 0.368 e. The minimum Gasteiger partial charge on any atom is -0.368 e. The first kappa shape index (κ1) is 15.7. The van der Waals surface area contributed by atoms with Crippen LogP contribution in [0.25, 0.3) is 0 Å². The molecule has 5 nitrogen and oxygen atoms in total. The summed E-state index contributed by atoms with van der Waals surface area (Å²) in [6.45, 7) is 8.93. The minimum absolute atomic E-state index is 0.262. The lowest BCUT2D eigenvalue weighted by molar-refractivity contribution is -0.124. The van der Waals surface area contributed by atoms with Crippen LogP contribution in [0.2, 0.25) is 0 Å². The van der Waals surface area contributed by atoms with E-state index in [1.54, 1.807) is 0 Å². The smallest absolute Gasteiger partial charge is 0.237 e. The number of nitrogens with zero attached hydrogens (tertiary/aromatic N) is 2. The molecule has 1 amide bonds. The van der Waals surface area contributed by atoms with Crippen molar-refractivity contribution >= 4 is 5.91 Å². The summed E-state index contributed by atoms with van der Waals surface area (Å²) in [6, 6.07) is 1.10. The molecule has 2 rings (SSSR count). The predicted molar refractivity (Wildman–Crippen MR) is 81.5 cm³/mol. The standard InChI is InChI=1S/C15H30N4O/c1-12(10-15(2,17-3)14(16)20)19-9-6-13(11-19)18-7-4-5-8-18/h12-13,17H,4-11H2,1-3H3,(H2,16,20). The van der Waals surface area contributed by atoms with Crippen molar-refractivity contribution in [2.24, 2.45) is 5.73 Å². The maximum Gasteiger partial charge on any atom is 0.237 e. The van der Waals surface area contributed by atoms with Gasteiger partial charge in [0.25, 0.3) is 0 Å². The maximum absolute atomic E-state index is 11.6. The van der Waals surface area contributed by atoms with Gasteiger partial charge in [-0.2, -0.15) is 0 Å². The number of carbonyl (C=O) groups is 1. The van der Waals surface area contributed by atoms with Gasteiger partial charge in [0.1, 0.15) is 0 Å². The van der Waals surface area contributed by atoms with Gasteiger partial charge in [-0.25, -0.2) is 0 Å². The SMILES string of the molecule is CNC(C)(CC(C)N1CCC(N2CCCC2)C1)C(N)=O. The molecule has 20 heavy (non-hydrogen) atoms. The number of amides is 1. The average Bonchev–Trinajstić information content (AvgIpc) is 3.08. The first-order valence-corrected chi connectivity index (χ1v) is 7.93. The molecule has 5 heteroatoms. The minimum atomic E-state index is -0.606. The van der Waals surface area contributed by atoms with Crippen molar-refractivity contribution in [3.8, 4) is 0 Å². The van der Waals surface area contributed by atoms with E-state index in [1.807, 2.05) is 14.0 Å². The van der Waals surface area contributed by atoms with E-state index in [0.717, 1.165) is 25.6 Å². The summed E-state index contributed by atoms with van der Waals surface area (Å²) in [6.07, 6.45) is 4.74. The molecule has 0 aromatic rings. The highest BCUT2D eigenvalue weighted by molar-refractivity contribution is 5.84. The van der Waals surface area contributed by atoms with E-state index in [0.29, 0.717) is 6.04 Å². The summed E-state index contributed by atoms with van der Waals surface area (Å²) in [7, 11) is 1.81. The molecule has 0 bridgehead atoms. The highest BCUT2D eigenvalue weighted by Crippen LogP contribution is 2.24. The van der Waals surface area contributed by atoms with Gasteiger partial charge in [0.05, 0.1) is 5.54 Å². The number of hydrogen-bond donors (Lipinski definition) is 2. The lowest BCUT2D eigenvalue weighted by Gasteiger charge is -2.33. The normalized spacial score (nSPS) is 29.4. The van der Waals surface area contributed by atoms with Crippen LogP contribution in [-0.2, 0) is 4.79 Å². The number of nitrogens with two attached hydrogens (primary N) is 1. The van der Waals surface area contributed by atoms with Crippen molar-refractivity contribution in [1.82, 2.24) is 15.1 Å². The van der Waals surface area contributed by atoms with Crippen LogP contribution in [0.4, 0.5) is 0 Å². The van der Waals surface area contributed by atoms with Crippen molar-refractivity contribution in [3.05, 3.63) is 0 Å². The second-order valence-electron chi connectivity index (χ2n) is 6.68. The third-order valence-electron chi connectivity index (χ3n) is 5.27. The van der Waals surface area contributed by atoms with Crippen molar-refractivity contribution in [1.29, 1.82) is 0 Å². The zero-order valence-electron chi connectivity index (χ0n) is 13.2. The topological polar surface area (TPSA) is 61.6 Å². The Balaban J connectivity index is 1.87. The Morgan fingerprint density at radius 2 is 2.05 bits per heavy atom. The molecule has 2 aliphatic rings. The molecule has 3 unspecified atom stereocenters. The van der Waals surface area contributed by atoms with Crippen molar-refractivity contribution < 1.29 is 4.79 Å². The van der Waals surface area contributed by atoms with E-state index < -0.39 is 5.54 Å². The van der Waals surface area contributed by atoms with Crippen LogP contribution >= 0.6 is 0 Å². The first-order valence-electron chi connectivity index (χ1n) is 7.93. The molecule has 2 fully saturated rings. The molecule has 0 saturated carbocycles. The zero-order chi connectivity index (χ0) is 14.8. The number of hydrogen-bond acceptors (Lipinski definition) is 4. The van der Waals surface area contributed by atoms with E-state index in [9.17, 15) is 4.79 Å². The van der Waals surface area contributed by atoms with Gasteiger partial charge in [0, 0.05) is 25.2 Å². The number of rotatable bonds is 6. The van der Waals surface area contributed by atoms with Gasteiger partial charge in [-0.05, 0) is 59.7 Å². The predicted octanol–water partition coefficient (Wildman–Crippen LogP) is 0.399. The molecule has 2 saturated heterocycles. The maximum atomic E-state index is 11.6. The number of likely N-dealkylation sites (tertiary alicyclic amines) is 2. The molecule has 0 spiro atoms. The lowest BCUT2D eigenvalue weighted by Crippen LogP contribution is -2.55. The molecule has 3 N–H and O–H groups in total. The monoisotopic (exact) mass is 282 g/mol. The molecule has 0 aromatic carbocycles. The van der Waals surface area contributed by atoms with Crippen molar-refractivity contribution in [3.63, 3.8) is 0 Å². The van der Waals surface area contributed by atoms with Crippen LogP contribution in [-0.4, -0.2) is 66.6 Å². The second-order valence-corrected chi connectivity index (χ2v) is 6.68. The van der Waals surface area contributed by atoms with Gasteiger partial charge in [0.15, 0.2) is 0 Å². The molecule has 116 valence electrons. The Hall–Kier alpha value is -0.650. The Labute approximate surface area is 122 Å². The summed E-state index contributed by atoms with van der Waals surface area (Å²) in [5.41, 5.74) is 4.92. The second kappa shape index (κ2) is 6.41. The summed E-state index contributed by atoms with van der Waals surface area (Å²) in [5.74, 6) is -0.262. The van der Waals surface area contributed by atoms with Crippen LogP contribution in [0.3, 0.4) is 0 Å². The van der Waals surface area contributed by atoms with Gasteiger partial charge in [-0.1, -0.05) is 0 Å². The summed E-state index contributed by atoms with van der Waals surface area (Å²) in [5, 5.41) is 3.09. The van der Waals surface area contributed by atoms with Gasteiger partial charge >= 0.3 is 0 Å². The lowest BCUT2D eigenvalue weighted by atomic mass is 9.92. The molecule has 2 aliphatic heterocycles. The molecular formula is C15H30N4O. The quantitative estimate of drug-likeness (QED) is 0.740. The fourth-order valence-electron chi connectivity index (χ4n) is 3.62. The summed E-state index contributed by atoms with van der Waals surface area (Å²) >= 11 is 0. The summed E-state index contributed by atoms with van der Waals surface area (Å²) in [4.78, 5) is 16.8. The van der Waals surface area contributed by atoms with Gasteiger partial charge in [0.2, 0.25) is 5.91 Å². The van der Waals surface area contributed by atoms with Crippen LogP contribution in [0.1, 0.15) is 39.5 Å². The first-order chi connectivity index (χ1) is 9.46.